The molecule has 0 aliphatic carbocycles. The molecule has 4 heteroatoms. The number of nitrogens with one attached hydrogen (secondary N) is 1. The Morgan fingerprint density at radius 1 is 0.900 bits per heavy atom. The van der Waals surface area contributed by atoms with Crippen molar-refractivity contribution in [2.75, 3.05) is 25.1 Å². The number of aromatic nitrogens is 2. The van der Waals surface area contributed by atoms with Gasteiger partial charge in [0.1, 0.15) is 11.6 Å². The van der Waals surface area contributed by atoms with Gasteiger partial charge in [-0.3, -0.25) is 0 Å². The third-order valence-electron chi connectivity index (χ3n) is 5.46. The molecular formula is C26H29N3O. The van der Waals surface area contributed by atoms with Crippen molar-refractivity contribution in [2.45, 2.75) is 26.2 Å². The van der Waals surface area contributed by atoms with Crippen LogP contribution in [0.1, 0.15) is 25.3 Å². The fourth-order valence-corrected chi connectivity index (χ4v) is 3.93. The van der Waals surface area contributed by atoms with Crippen LogP contribution in [0.25, 0.3) is 22.4 Å². The van der Waals surface area contributed by atoms with E-state index in [4.69, 9.17) is 9.72 Å². The van der Waals surface area contributed by atoms with E-state index in [2.05, 4.69) is 59.3 Å². The molecule has 0 bridgehead atoms. The van der Waals surface area contributed by atoms with Gasteiger partial charge in [-0.1, -0.05) is 37.3 Å². The number of hydrogen-bond acceptors (Lipinski definition) is 3. The Hall–Kier alpha value is -3.27. The molecule has 0 saturated carbocycles. The number of nitrogens with zero attached hydrogens (tertiary/aromatic N) is 2. The van der Waals surface area contributed by atoms with E-state index in [9.17, 15) is 0 Å². The van der Waals surface area contributed by atoms with Gasteiger partial charge in [0.05, 0.1) is 18.1 Å². The first kappa shape index (κ1) is 20.0. The van der Waals surface area contributed by atoms with Gasteiger partial charge in [0.25, 0.3) is 0 Å². The number of anilines is 1. The van der Waals surface area contributed by atoms with Crippen LogP contribution in [-0.4, -0.2) is 30.2 Å². The van der Waals surface area contributed by atoms with E-state index in [1.165, 1.54) is 11.3 Å². The fourth-order valence-electron chi connectivity index (χ4n) is 3.93. The van der Waals surface area contributed by atoms with E-state index in [0.717, 1.165) is 60.5 Å². The molecule has 0 aliphatic rings. The average molecular weight is 400 g/mol. The molecule has 4 aromatic rings. The van der Waals surface area contributed by atoms with Crippen LogP contribution in [0.2, 0.25) is 0 Å². The summed E-state index contributed by atoms with van der Waals surface area (Å²) < 4.78 is 5.49. The van der Waals surface area contributed by atoms with Gasteiger partial charge < -0.3 is 14.6 Å². The number of para-hydroxylation sites is 3. The summed E-state index contributed by atoms with van der Waals surface area (Å²) in [7, 11) is 1.74. The zero-order chi connectivity index (χ0) is 20.8. The summed E-state index contributed by atoms with van der Waals surface area (Å²) in [5, 5.41) is 0. The number of hydrogen-bond donors (Lipinski definition) is 1. The number of methoxy groups -OCH3 is 1. The average Bonchev–Trinajstić information content (AvgIpc) is 3.23. The topological polar surface area (TPSA) is 41.1 Å². The Labute approximate surface area is 178 Å². The molecule has 4 nitrogen and oxygen atoms in total. The first-order chi connectivity index (χ1) is 14.8. The van der Waals surface area contributed by atoms with Gasteiger partial charge in [0, 0.05) is 24.3 Å². The van der Waals surface area contributed by atoms with Crippen LogP contribution in [0, 0.1) is 0 Å². The van der Waals surface area contributed by atoms with E-state index >= 15 is 0 Å². The molecule has 0 fully saturated rings. The summed E-state index contributed by atoms with van der Waals surface area (Å²) in [5.74, 6) is 1.90. The lowest BCUT2D eigenvalue weighted by molar-refractivity contribution is 0.409. The number of fused-ring (bicyclic) bond motifs is 1. The highest BCUT2D eigenvalue weighted by Crippen LogP contribution is 2.25. The number of aromatic amines is 1. The van der Waals surface area contributed by atoms with Crippen LogP contribution in [0.4, 0.5) is 5.69 Å². The fraction of sp³-hybridized carbons (Fsp3) is 0.269. The third kappa shape index (κ3) is 4.48. The lowest BCUT2D eigenvalue weighted by Gasteiger charge is -2.24. The van der Waals surface area contributed by atoms with Gasteiger partial charge in [-0.05, 0) is 67.3 Å². The summed E-state index contributed by atoms with van der Waals surface area (Å²) >= 11 is 0. The predicted octanol–water partition coefficient (Wildman–Crippen LogP) is 6.09. The molecule has 154 valence electrons. The van der Waals surface area contributed by atoms with Gasteiger partial charge in [0.15, 0.2) is 0 Å². The Balaban J connectivity index is 1.44. The maximum atomic E-state index is 5.49. The Morgan fingerprint density at radius 2 is 1.67 bits per heavy atom. The van der Waals surface area contributed by atoms with Gasteiger partial charge in [-0.15, -0.1) is 0 Å². The molecule has 1 N–H and O–H groups in total. The third-order valence-corrected chi connectivity index (χ3v) is 5.46. The summed E-state index contributed by atoms with van der Waals surface area (Å²) in [5.41, 5.74) is 5.72. The van der Waals surface area contributed by atoms with Crippen LogP contribution in [0.15, 0.2) is 72.8 Å². The second-order valence-electron chi connectivity index (χ2n) is 7.55. The van der Waals surface area contributed by atoms with Gasteiger partial charge in [-0.25, -0.2) is 4.98 Å². The molecule has 0 amide bonds. The monoisotopic (exact) mass is 399 g/mol. The summed E-state index contributed by atoms with van der Waals surface area (Å²) in [6.45, 7) is 4.31. The summed E-state index contributed by atoms with van der Waals surface area (Å²) in [4.78, 5) is 10.6. The van der Waals surface area contributed by atoms with Gasteiger partial charge >= 0.3 is 0 Å². The van der Waals surface area contributed by atoms with E-state index in [-0.39, 0.29) is 0 Å². The normalized spacial score (nSPS) is 11.0. The molecule has 3 aromatic carbocycles. The van der Waals surface area contributed by atoms with Crippen molar-refractivity contribution in [2.24, 2.45) is 0 Å². The lowest BCUT2D eigenvalue weighted by Crippen LogP contribution is -2.25. The molecule has 0 atom stereocenters. The van der Waals surface area contributed by atoms with Gasteiger partial charge in [0.2, 0.25) is 0 Å². The maximum absolute atomic E-state index is 5.49. The Morgan fingerprint density at radius 3 is 2.43 bits per heavy atom. The SMILES string of the molecule is CCCN(CCCc1ccccc1OC)c1ccc(-c2nc3ccccc3[nH]2)cc1. The van der Waals surface area contributed by atoms with Crippen LogP contribution in [-0.2, 0) is 6.42 Å². The maximum Gasteiger partial charge on any atom is 0.138 e. The van der Waals surface area contributed by atoms with Crippen molar-refractivity contribution in [3.63, 3.8) is 0 Å². The standard InChI is InChI=1S/C26H29N3O/c1-3-18-29(19-8-10-20-9-4-7-13-25(20)30-2)22-16-14-21(15-17-22)26-27-23-11-5-6-12-24(23)28-26/h4-7,9,11-17H,3,8,10,18-19H2,1-2H3,(H,27,28). The molecular weight excluding hydrogens is 370 g/mol. The minimum atomic E-state index is 0.918. The first-order valence-electron chi connectivity index (χ1n) is 10.7. The number of rotatable bonds is 9. The highest BCUT2D eigenvalue weighted by molar-refractivity contribution is 5.79. The van der Waals surface area contributed by atoms with Crippen molar-refractivity contribution >= 4 is 16.7 Å². The predicted molar refractivity (Wildman–Crippen MR) is 125 cm³/mol. The van der Waals surface area contributed by atoms with Crippen molar-refractivity contribution < 1.29 is 4.74 Å². The number of ether oxygens (including phenoxy) is 1. The van der Waals surface area contributed by atoms with Crippen LogP contribution in [0.3, 0.4) is 0 Å². The van der Waals surface area contributed by atoms with E-state index < -0.39 is 0 Å². The van der Waals surface area contributed by atoms with Crippen LogP contribution >= 0.6 is 0 Å². The molecule has 0 unspecified atom stereocenters. The molecule has 0 aliphatic heterocycles. The summed E-state index contributed by atoms with van der Waals surface area (Å²) in [6, 6.07) is 25.2. The summed E-state index contributed by atoms with van der Waals surface area (Å²) in [6.07, 6.45) is 3.23. The zero-order valence-electron chi connectivity index (χ0n) is 17.8. The Bertz CT molecular complexity index is 1050. The second-order valence-corrected chi connectivity index (χ2v) is 7.55. The number of imidazole rings is 1. The molecule has 4 rings (SSSR count). The van der Waals surface area contributed by atoms with Crippen LogP contribution in [0.5, 0.6) is 5.75 Å². The largest absolute Gasteiger partial charge is 0.496 e. The number of aryl methyl sites for hydroxylation is 1. The van der Waals surface area contributed by atoms with E-state index in [1.54, 1.807) is 7.11 Å². The number of H-pyrrole nitrogens is 1. The van der Waals surface area contributed by atoms with Crippen molar-refractivity contribution in [3.8, 4) is 17.1 Å². The quantitative estimate of drug-likeness (QED) is 0.370. The van der Waals surface area contributed by atoms with Gasteiger partial charge in [-0.2, -0.15) is 0 Å². The van der Waals surface area contributed by atoms with Crippen molar-refractivity contribution in [3.05, 3.63) is 78.4 Å². The first-order valence-corrected chi connectivity index (χ1v) is 10.7. The highest BCUT2D eigenvalue weighted by atomic mass is 16.5. The lowest BCUT2D eigenvalue weighted by atomic mass is 10.1. The smallest absolute Gasteiger partial charge is 0.138 e. The second kappa shape index (κ2) is 9.49. The number of benzene rings is 3. The molecule has 1 heterocycles. The minimum absolute atomic E-state index is 0.918. The molecule has 0 saturated heterocycles. The van der Waals surface area contributed by atoms with E-state index in [0.29, 0.717) is 0 Å². The Kier molecular flexibility index (Phi) is 6.33. The molecule has 1 aromatic heterocycles. The molecule has 30 heavy (non-hydrogen) atoms. The zero-order valence-corrected chi connectivity index (χ0v) is 17.8. The molecule has 0 spiro atoms. The van der Waals surface area contributed by atoms with Crippen molar-refractivity contribution in [1.29, 1.82) is 0 Å². The molecule has 0 radical (unpaired) electrons. The highest BCUT2D eigenvalue weighted by Gasteiger charge is 2.09. The minimum Gasteiger partial charge on any atom is -0.496 e. The van der Waals surface area contributed by atoms with Crippen LogP contribution < -0.4 is 9.64 Å². The van der Waals surface area contributed by atoms with E-state index in [1.807, 2.05) is 30.3 Å². The van der Waals surface area contributed by atoms with Crippen molar-refractivity contribution in [1.82, 2.24) is 9.97 Å².